The van der Waals surface area contributed by atoms with Gasteiger partial charge in [-0.05, 0) is 19.8 Å². The highest BCUT2D eigenvalue weighted by atomic mass is 16.2. The lowest BCUT2D eigenvalue weighted by molar-refractivity contribution is -0.135. The molecule has 1 aromatic rings. The second-order valence-corrected chi connectivity index (χ2v) is 8.04. The molecule has 0 bridgehead atoms. The molecule has 0 saturated heterocycles. The molecule has 1 aliphatic carbocycles. The fourth-order valence-corrected chi connectivity index (χ4v) is 4.04. The summed E-state index contributed by atoms with van der Waals surface area (Å²) in [5.74, 6) is 0.358. The average molecular weight is 374 g/mol. The maximum Gasteiger partial charge on any atom is 0.259 e. The van der Waals surface area contributed by atoms with Crippen LogP contribution < -0.4 is 10.9 Å². The number of nitrogens with zero attached hydrogens (tertiary/aromatic N) is 3. The number of aryl methyl sites for hydroxylation is 1. The molecule has 7 nitrogen and oxygen atoms in total. The van der Waals surface area contributed by atoms with Crippen molar-refractivity contribution in [1.82, 2.24) is 19.8 Å². The number of carbonyl (C=O) groups excluding carboxylic acids is 2. The van der Waals surface area contributed by atoms with E-state index in [1.807, 2.05) is 13.8 Å². The average Bonchev–Trinajstić information content (AvgIpc) is 2.65. The van der Waals surface area contributed by atoms with Crippen LogP contribution in [0.4, 0.5) is 0 Å². The lowest BCUT2D eigenvalue weighted by Crippen LogP contribution is -2.45. The van der Waals surface area contributed by atoms with Crippen molar-refractivity contribution in [2.45, 2.75) is 78.4 Å². The molecule has 1 saturated carbocycles. The standard InChI is InChI=1S/C20H30N4O3/c1-13(2)19(26)23-10-9-17-16(11-23)20(27)24(14(3)21-17)12-18(25)22-15-7-5-4-6-8-15/h13,15H,4-12H2,1-3H3,(H,22,25). The third-order valence-corrected chi connectivity index (χ3v) is 5.58. The molecule has 0 spiro atoms. The minimum atomic E-state index is -0.197. The predicted molar refractivity (Wildman–Crippen MR) is 102 cm³/mol. The molecule has 0 radical (unpaired) electrons. The molecule has 2 aliphatic rings. The highest BCUT2D eigenvalue weighted by Crippen LogP contribution is 2.18. The minimum absolute atomic E-state index is 0.0143. The van der Waals surface area contributed by atoms with Gasteiger partial charge < -0.3 is 10.2 Å². The summed E-state index contributed by atoms with van der Waals surface area (Å²) in [6.07, 6.45) is 6.11. The first kappa shape index (κ1) is 19.6. The summed E-state index contributed by atoms with van der Waals surface area (Å²) in [5, 5.41) is 3.05. The number of carbonyl (C=O) groups is 2. The van der Waals surface area contributed by atoms with Crippen LogP contribution >= 0.6 is 0 Å². The van der Waals surface area contributed by atoms with E-state index >= 15 is 0 Å². The van der Waals surface area contributed by atoms with Gasteiger partial charge in [0.2, 0.25) is 11.8 Å². The normalized spacial score (nSPS) is 17.7. The summed E-state index contributed by atoms with van der Waals surface area (Å²) >= 11 is 0. The minimum Gasteiger partial charge on any atom is -0.352 e. The van der Waals surface area contributed by atoms with Crippen molar-refractivity contribution in [1.29, 1.82) is 0 Å². The van der Waals surface area contributed by atoms with Gasteiger partial charge in [0.05, 0.1) is 17.8 Å². The van der Waals surface area contributed by atoms with Crippen LogP contribution in [0.15, 0.2) is 4.79 Å². The van der Waals surface area contributed by atoms with Crippen LogP contribution in [0.3, 0.4) is 0 Å². The van der Waals surface area contributed by atoms with E-state index in [0.717, 1.165) is 31.4 Å². The van der Waals surface area contributed by atoms with Gasteiger partial charge in [-0.25, -0.2) is 4.98 Å². The van der Waals surface area contributed by atoms with E-state index < -0.39 is 0 Å². The van der Waals surface area contributed by atoms with Crippen LogP contribution in [0.1, 0.15) is 63.0 Å². The highest BCUT2D eigenvalue weighted by Gasteiger charge is 2.27. The molecule has 3 rings (SSSR count). The Hall–Kier alpha value is -2.18. The van der Waals surface area contributed by atoms with Crippen molar-refractivity contribution in [2.75, 3.05) is 6.54 Å². The topological polar surface area (TPSA) is 84.3 Å². The summed E-state index contributed by atoms with van der Waals surface area (Å²) in [7, 11) is 0. The Morgan fingerprint density at radius 3 is 2.59 bits per heavy atom. The first-order valence-corrected chi connectivity index (χ1v) is 10.0. The number of fused-ring (bicyclic) bond motifs is 1. The maximum atomic E-state index is 13.0. The largest absolute Gasteiger partial charge is 0.352 e. The van der Waals surface area contributed by atoms with Gasteiger partial charge in [-0.15, -0.1) is 0 Å². The maximum absolute atomic E-state index is 13.0. The zero-order chi connectivity index (χ0) is 19.6. The van der Waals surface area contributed by atoms with Gasteiger partial charge in [-0.1, -0.05) is 33.1 Å². The van der Waals surface area contributed by atoms with Gasteiger partial charge in [0.1, 0.15) is 12.4 Å². The molecule has 7 heteroatoms. The summed E-state index contributed by atoms with van der Waals surface area (Å²) in [4.78, 5) is 44.0. The van der Waals surface area contributed by atoms with E-state index in [-0.39, 0.29) is 42.4 Å². The third-order valence-electron chi connectivity index (χ3n) is 5.58. The predicted octanol–water partition coefficient (Wildman–Crippen LogP) is 1.54. The summed E-state index contributed by atoms with van der Waals surface area (Å²) < 4.78 is 1.44. The SMILES string of the molecule is Cc1nc2c(c(=O)n1CC(=O)NC1CCCCC1)CN(C(=O)C(C)C)CC2. The van der Waals surface area contributed by atoms with Crippen LogP contribution in [-0.2, 0) is 29.1 Å². The molecule has 0 atom stereocenters. The molecule has 148 valence electrons. The Kier molecular flexibility index (Phi) is 5.97. The molecule has 0 unspecified atom stereocenters. The molecule has 0 aromatic carbocycles. The van der Waals surface area contributed by atoms with Crippen molar-refractivity contribution in [2.24, 2.45) is 5.92 Å². The molecule has 2 heterocycles. The van der Waals surface area contributed by atoms with Crippen LogP contribution in [0.25, 0.3) is 0 Å². The molecule has 1 aliphatic heterocycles. The quantitative estimate of drug-likeness (QED) is 0.866. The van der Waals surface area contributed by atoms with Crippen molar-refractivity contribution in [3.05, 3.63) is 27.4 Å². The van der Waals surface area contributed by atoms with Crippen LogP contribution in [0, 0.1) is 12.8 Å². The van der Waals surface area contributed by atoms with Crippen molar-refractivity contribution < 1.29 is 9.59 Å². The van der Waals surface area contributed by atoms with Crippen molar-refractivity contribution in [3.8, 4) is 0 Å². The number of rotatable bonds is 4. The Labute approximate surface area is 160 Å². The molecule has 2 amide bonds. The number of nitrogens with one attached hydrogen (secondary N) is 1. The van der Waals surface area contributed by atoms with E-state index in [1.54, 1.807) is 11.8 Å². The second-order valence-electron chi connectivity index (χ2n) is 8.04. The first-order chi connectivity index (χ1) is 12.9. The van der Waals surface area contributed by atoms with Gasteiger partial charge in [-0.2, -0.15) is 0 Å². The van der Waals surface area contributed by atoms with Gasteiger partial charge in [0, 0.05) is 24.9 Å². The Morgan fingerprint density at radius 1 is 1.22 bits per heavy atom. The summed E-state index contributed by atoms with van der Waals surface area (Å²) in [5.41, 5.74) is 1.11. The third kappa shape index (κ3) is 4.39. The van der Waals surface area contributed by atoms with E-state index in [1.165, 1.54) is 11.0 Å². The monoisotopic (exact) mass is 374 g/mol. The first-order valence-electron chi connectivity index (χ1n) is 10.0. The Bertz CT molecular complexity index is 778. The number of hydrogen-bond donors (Lipinski definition) is 1. The van der Waals surface area contributed by atoms with Crippen LogP contribution in [-0.4, -0.2) is 38.9 Å². The number of aromatic nitrogens is 2. The van der Waals surface area contributed by atoms with Gasteiger partial charge >= 0.3 is 0 Å². The fourth-order valence-electron chi connectivity index (χ4n) is 4.04. The fraction of sp³-hybridized carbons (Fsp3) is 0.700. The Balaban J connectivity index is 1.77. The lowest BCUT2D eigenvalue weighted by Gasteiger charge is -2.30. The Morgan fingerprint density at radius 2 is 1.93 bits per heavy atom. The van der Waals surface area contributed by atoms with E-state index in [2.05, 4.69) is 10.3 Å². The van der Waals surface area contributed by atoms with Crippen molar-refractivity contribution in [3.63, 3.8) is 0 Å². The zero-order valence-corrected chi connectivity index (χ0v) is 16.6. The van der Waals surface area contributed by atoms with E-state index in [0.29, 0.717) is 24.4 Å². The van der Waals surface area contributed by atoms with Crippen LogP contribution in [0.2, 0.25) is 0 Å². The van der Waals surface area contributed by atoms with E-state index in [4.69, 9.17) is 0 Å². The van der Waals surface area contributed by atoms with Gasteiger partial charge in [0.25, 0.3) is 5.56 Å². The smallest absolute Gasteiger partial charge is 0.259 e. The second kappa shape index (κ2) is 8.23. The molecular weight excluding hydrogens is 344 g/mol. The summed E-state index contributed by atoms with van der Waals surface area (Å²) in [6.45, 7) is 6.34. The van der Waals surface area contributed by atoms with Crippen LogP contribution in [0.5, 0.6) is 0 Å². The highest BCUT2D eigenvalue weighted by molar-refractivity contribution is 5.78. The van der Waals surface area contributed by atoms with Crippen molar-refractivity contribution >= 4 is 11.8 Å². The molecular formula is C20H30N4O3. The van der Waals surface area contributed by atoms with E-state index in [9.17, 15) is 14.4 Å². The number of hydrogen-bond acceptors (Lipinski definition) is 4. The lowest BCUT2D eigenvalue weighted by atomic mass is 9.95. The van der Waals surface area contributed by atoms with Gasteiger partial charge in [0.15, 0.2) is 0 Å². The molecule has 1 N–H and O–H groups in total. The van der Waals surface area contributed by atoms with Gasteiger partial charge in [-0.3, -0.25) is 19.0 Å². The molecule has 1 aromatic heterocycles. The zero-order valence-electron chi connectivity index (χ0n) is 16.6. The molecule has 27 heavy (non-hydrogen) atoms. The summed E-state index contributed by atoms with van der Waals surface area (Å²) in [6, 6.07) is 0.215. The molecule has 1 fully saturated rings. The number of amides is 2.